The summed E-state index contributed by atoms with van der Waals surface area (Å²) in [6, 6.07) is 8.41. The van der Waals surface area contributed by atoms with Crippen LogP contribution in [0.2, 0.25) is 0 Å². The summed E-state index contributed by atoms with van der Waals surface area (Å²) in [7, 11) is 0. The maximum atomic E-state index is 9.30. The molecule has 2 aromatic rings. The number of thiazole rings is 1. The second-order valence-corrected chi connectivity index (χ2v) is 8.10. The zero-order valence-corrected chi connectivity index (χ0v) is 16.0. The minimum Gasteiger partial charge on any atom is -0.396 e. The van der Waals surface area contributed by atoms with Crippen molar-refractivity contribution in [2.45, 2.75) is 32.2 Å². The fraction of sp³-hybridized carbons (Fsp3) is 0.474. The zero-order chi connectivity index (χ0) is 18.1. The fourth-order valence-corrected chi connectivity index (χ4v) is 4.35. The van der Waals surface area contributed by atoms with Gasteiger partial charge in [0.05, 0.1) is 16.4 Å². The van der Waals surface area contributed by atoms with E-state index >= 15 is 0 Å². The minimum atomic E-state index is 0.196. The molecular formula is C19H25N5OS. The molecule has 3 N–H and O–H groups in total. The third kappa shape index (κ3) is 3.34. The Morgan fingerprint density at radius 1 is 1.35 bits per heavy atom. The Labute approximate surface area is 158 Å². The minimum absolute atomic E-state index is 0.196. The molecule has 26 heavy (non-hydrogen) atoms. The van der Waals surface area contributed by atoms with Crippen LogP contribution in [0.1, 0.15) is 36.9 Å². The van der Waals surface area contributed by atoms with Gasteiger partial charge in [-0.3, -0.25) is 0 Å². The van der Waals surface area contributed by atoms with Gasteiger partial charge in [-0.1, -0.05) is 26.0 Å². The Bertz CT molecular complexity index is 814. The van der Waals surface area contributed by atoms with Gasteiger partial charge in [-0.15, -0.1) is 11.3 Å². The Morgan fingerprint density at radius 2 is 2.19 bits per heavy atom. The van der Waals surface area contributed by atoms with Crippen LogP contribution in [0.15, 0.2) is 29.3 Å². The molecule has 0 amide bonds. The van der Waals surface area contributed by atoms with Gasteiger partial charge < -0.3 is 20.6 Å². The molecule has 138 valence electrons. The number of hydrogen-bond donors (Lipinski definition) is 3. The van der Waals surface area contributed by atoms with Gasteiger partial charge in [0, 0.05) is 38.2 Å². The molecule has 3 heterocycles. The predicted molar refractivity (Wildman–Crippen MR) is 107 cm³/mol. The number of nitrogens with one attached hydrogen (secondary N) is 2. The molecule has 0 aliphatic carbocycles. The lowest BCUT2D eigenvalue weighted by molar-refractivity contribution is 0.223. The molecule has 0 saturated carbocycles. The first-order valence-corrected chi connectivity index (χ1v) is 10.0. The van der Waals surface area contributed by atoms with Crippen molar-refractivity contribution in [3.63, 3.8) is 0 Å². The van der Waals surface area contributed by atoms with E-state index < -0.39 is 0 Å². The van der Waals surface area contributed by atoms with Crippen LogP contribution in [0.5, 0.6) is 0 Å². The summed E-state index contributed by atoms with van der Waals surface area (Å²) in [5.41, 5.74) is 2.90. The van der Waals surface area contributed by atoms with E-state index in [1.54, 1.807) is 11.3 Å². The summed E-state index contributed by atoms with van der Waals surface area (Å²) in [5, 5.41) is 18.5. The van der Waals surface area contributed by atoms with Crippen LogP contribution < -0.4 is 10.6 Å². The first-order chi connectivity index (χ1) is 12.7. The highest BCUT2D eigenvalue weighted by Gasteiger charge is 2.29. The molecular weight excluding hydrogens is 346 g/mol. The smallest absolute Gasteiger partial charge is 0.158 e. The monoisotopic (exact) mass is 371 g/mol. The molecule has 7 heteroatoms. The molecule has 1 saturated heterocycles. The predicted octanol–water partition coefficient (Wildman–Crippen LogP) is 3.06. The lowest BCUT2D eigenvalue weighted by atomic mass is 10.1. The summed E-state index contributed by atoms with van der Waals surface area (Å²) in [4.78, 5) is 12.2. The number of aromatic nitrogens is 1. The first kappa shape index (κ1) is 17.5. The topological polar surface area (TPSA) is 72.8 Å². The number of fused-ring (bicyclic) bond motifs is 2. The normalized spacial score (nSPS) is 19.5. The Hall–Kier alpha value is -1.96. The van der Waals surface area contributed by atoms with Gasteiger partial charge in [-0.05, 0) is 18.6 Å². The number of amidine groups is 1. The summed E-state index contributed by atoms with van der Waals surface area (Å²) in [6.07, 6.45) is 0.750. The first-order valence-electron chi connectivity index (χ1n) is 9.20. The molecule has 1 aromatic heterocycles. The Morgan fingerprint density at radius 3 is 3.00 bits per heavy atom. The summed E-state index contributed by atoms with van der Waals surface area (Å²) in [5.74, 6) is 1.32. The van der Waals surface area contributed by atoms with Crippen molar-refractivity contribution in [3.8, 4) is 0 Å². The summed E-state index contributed by atoms with van der Waals surface area (Å²) >= 11 is 1.71. The lowest BCUT2D eigenvalue weighted by Crippen LogP contribution is -2.53. The van der Waals surface area contributed by atoms with E-state index in [1.165, 1.54) is 0 Å². The molecule has 0 unspecified atom stereocenters. The number of anilines is 2. The average Bonchev–Trinajstić information content (AvgIpc) is 2.99. The summed E-state index contributed by atoms with van der Waals surface area (Å²) < 4.78 is 0. The van der Waals surface area contributed by atoms with E-state index in [4.69, 9.17) is 9.98 Å². The number of rotatable bonds is 3. The van der Waals surface area contributed by atoms with Crippen molar-refractivity contribution in [2.24, 2.45) is 4.99 Å². The van der Waals surface area contributed by atoms with Crippen molar-refractivity contribution in [3.05, 3.63) is 35.0 Å². The van der Waals surface area contributed by atoms with E-state index in [1.807, 2.05) is 18.2 Å². The van der Waals surface area contributed by atoms with Crippen LogP contribution in [-0.4, -0.2) is 53.1 Å². The van der Waals surface area contributed by atoms with Gasteiger partial charge in [-0.25, -0.2) is 9.98 Å². The molecule has 4 rings (SSSR count). The second-order valence-electron chi connectivity index (χ2n) is 7.07. The number of para-hydroxylation sites is 2. The maximum Gasteiger partial charge on any atom is 0.158 e. The number of piperazine rings is 1. The molecule has 6 nitrogen and oxygen atoms in total. The van der Waals surface area contributed by atoms with Crippen LogP contribution in [0, 0.1) is 0 Å². The van der Waals surface area contributed by atoms with E-state index in [9.17, 15) is 5.11 Å². The molecule has 0 bridgehead atoms. The van der Waals surface area contributed by atoms with Crippen molar-refractivity contribution in [1.82, 2.24) is 15.2 Å². The number of aliphatic hydroxyl groups is 1. The van der Waals surface area contributed by atoms with E-state index in [0.29, 0.717) is 5.92 Å². The van der Waals surface area contributed by atoms with Crippen molar-refractivity contribution >= 4 is 33.5 Å². The van der Waals surface area contributed by atoms with Crippen LogP contribution in [0.3, 0.4) is 0 Å². The largest absolute Gasteiger partial charge is 0.396 e. The molecule has 2 aliphatic rings. The SMILES string of the molecule is CC(C)c1nc2c(s1)Nc1ccccc1N=C2N1CCN[C@@H](CCO)C1. The molecule has 0 radical (unpaired) electrons. The van der Waals surface area contributed by atoms with Crippen molar-refractivity contribution in [1.29, 1.82) is 0 Å². The van der Waals surface area contributed by atoms with Crippen LogP contribution >= 0.6 is 11.3 Å². The Kier molecular flexibility index (Phi) is 4.93. The van der Waals surface area contributed by atoms with Crippen molar-refractivity contribution < 1.29 is 5.11 Å². The number of aliphatic imine (C=N–C) groups is 1. The van der Waals surface area contributed by atoms with E-state index in [0.717, 1.165) is 59.0 Å². The van der Waals surface area contributed by atoms with Crippen LogP contribution in [0.25, 0.3) is 0 Å². The van der Waals surface area contributed by atoms with E-state index in [-0.39, 0.29) is 12.6 Å². The van der Waals surface area contributed by atoms with Gasteiger partial charge in [-0.2, -0.15) is 0 Å². The molecule has 1 aromatic carbocycles. The van der Waals surface area contributed by atoms with Gasteiger partial charge in [0.1, 0.15) is 10.7 Å². The summed E-state index contributed by atoms with van der Waals surface area (Å²) in [6.45, 7) is 7.14. The lowest BCUT2D eigenvalue weighted by Gasteiger charge is -2.35. The average molecular weight is 372 g/mol. The highest BCUT2D eigenvalue weighted by Crippen LogP contribution is 2.39. The number of nitrogens with zero attached hydrogens (tertiary/aromatic N) is 3. The third-order valence-corrected chi connectivity index (χ3v) is 6.03. The Balaban J connectivity index is 1.77. The fourth-order valence-electron chi connectivity index (χ4n) is 3.37. The quantitative estimate of drug-likeness (QED) is 0.773. The molecule has 0 spiro atoms. The third-order valence-electron chi connectivity index (χ3n) is 4.76. The van der Waals surface area contributed by atoms with Crippen LogP contribution in [0.4, 0.5) is 16.4 Å². The van der Waals surface area contributed by atoms with Gasteiger partial charge >= 0.3 is 0 Å². The molecule has 1 atom stereocenters. The number of benzene rings is 1. The second kappa shape index (κ2) is 7.34. The van der Waals surface area contributed by atoms with Gasteiger partial charge in [0.15, 0.2) is 5.84 Å². The zero-order valence-electron chi connectivity index (χ0n) is 15.2. The van der Waals surface area contributed by atoms with Crippen molar-refractivity contribution in [2.75, 3.05) is 31.6 Å². The highest BCUT2D eigenvalue weighted by molar-refractivity contribution is 7.16. The maximum absolute atomic E-state index is 9.30. The van der Waals surface area contributed by atoms with Crippen LogP contribution in [-0.2, 0) is 0 Å². The van der Waals surface area contributed by atoms with E-state index in [2.05, 4.69) is 35.4 Å². The molecule has 1 fully saturated rings. The van der Waals surface area contributed by atoms with Gasteiger partial charge in [0.25, 0.3) is 0 Å². The number of aliphatic hydroxyl groups excluding tert-OH is 1. The molecule has 2 aliphatic heterocycles. The number of hydrogen-bond acceptors (Lipinski definition) is 7. The highest BCUT2D eigenvalue weighted by atomic mass is 32.1. The van der Waals surface area contributed by atoms with Gasteiger partial charge in [0.2, 0.25) is 0 Å². The standard InChI is InChI=1S/C19H25N5OS/c1-12(2)18-23-16-17(24-9-8-20-13(11-24)7-10-25)21-14-5-3-4-6-15(14)22-19(16)26-18/h3-6,12-13,20,22,25H,7-11H2,1-2H3/t13-/m0/s1.